The predicted molar refractivity (Wildman–Crippen MR) is 119 cm³/mol. The Morgan fingerprint density at radius 2 is 1.97 bits per heavy atom. The molecule has 2 aromatic carbocycles. The third-order valence-electron chi connectivity index (χ3n) is 4.98. The number of nitrogens with one attached hydrogen (secondary N) is 2. The summed E-state index contributed by atoms with van der Waals surface area (Å²) in [7, 11) is 1.69. The zero-order valence-corrected chi connectivity index (χ0v) is 17.4. The highest BCUT2D eigenvalue weighted by Crippen LogP contribution is 2.21. The topological polar surface area (TPSA) is 120 Å². The minimum absolute atomic E-state index is 0.171. The fourth-order valence-electron chi connectivity index (χ4n) is 3.46. The van der Waals surface area contributed by atoms with Crippen LogP contribution in [0, 0.1) is 6.92 Å². The Hall–Kier alpha value is -4.47. The van der Waals surface area contributed by atoms with E-state index in [0.29, 0.717) is 28.3 Å². The summed E-state index contributed by atoms with van der Waals surface area (Å²) in [5, 5.41) is 13.7. The summed E-state index contributed by atoms with van der Waals surface area (Å²) in [6, 6.07) is 15.2. The van der Waals surface area contributed by atoms with Gasteiger partial charge in [-0.2, -0.15) is 19.9 Å². The van der Waals surface area contributed by atoms with E-state index in [1.165, 1.54) is 15.6 Å². The van der Waals surface area contributed by atoms with Gasteiger partial charge in [-0.25, -0.2) is 0 Å². The first-order valence-corrected chi connectivity index (χ1v) is 9.88. The summed E-state index contributed by atoms with van der Waals surface area (Å²) in [4.78, 5) is 32.0. The molecule has 0 aliphatic heterocycles. The lowest BCUT2D eigenvalue weighted by atomic mass is 10.1. The van der Waals surface area contributed by atoms with Crippen molar-refractivity contribution in [2.24, 2.45) is 7.05 Å². The Morgan fingerprint density at radius 1 is 1.16 bits per heavy atom. The minimum atomic E-state index is -0.372. The Balaban J connectivity index is 1.36. The van der Waals surface area contributed by atoms with Crippen molar-refractivity contribution in [3.05, 3.63) is 70.8 Å². The molecule has 0 saturated heterocycles. The number of benzene rings is 2. The van der Waals surface area contributed by atoms with E-state index < -0.39 is 0 Å². The van der Waals surface area contributed by atoms with E-state index in [1.54, 1.807) is 20.0 Å². The van der Waals surface area contributed by atoms with Crippen molar-refractivity contribution < 1.29 is 9.53 Å². The van der Waals surface area contributed by atoms with Crippen molar-refractivity contribution in [3.63, 3.8) is 0 Å². The number of aromatic amines is 1. The van der Waals surface area contributed by atoms with Crippen LogP contribution in [0.2, 0.25) is 0 Å². The molecule has 0 fully saturated rings. The molecule has 0 saturated carbocycles. The van der Waals surface area contributed by atoms with E-state index in [4.69, 9.17) is 4.74 Å². The number of anilines is 1. The number of fused-ring (bicyclic) bond motifs is 2. The van der Waals surface area contributed by atoms with E-state index in [2.05, 4.69) is 25.5 Å². The average molecular weight is 429 g/mol. The number of ether oxygens (including phenoxy) is 1. The number of nitrogens with zero attached hydrogens (tertiary/aromatic N) is 5. The lowest BCUT2D eigenvalue weighted by molar-refractivity contribution is -0.118. The first-order valence-electron chi connectivity index (χ1n) is 9.88. The third kappa shape index (κ3) is 3.58. The largest absolute Gasteiger partial charge is 0.484 e. The predicted octanol–water partition coefficient (Wildman–Crippen LogP) is 2.32. The Bertz CT molecular complexity index is 1530. The highest BCUT2D eigenvalue weighted by atomic mass is 16.5. The fourth-order valence-corrected chi connectivity index (χ4v) is 3.46. The van der Waals surface area contributed by atoms with Crippen LogP contribution < -0.4 is 15.6 Å². The molecule has 0 aliphatic carbocycles. The van der Waals surface area contributed by atoms with Gasteiger partial charge < -0.3 is 10.1 Å². The summed E-state index contributed by atoms with van der Waals surface area (Å²) >= 11 is 0. The molecule has 3 heterocycles. The molecule has 0 bridgehead atoms. The van der Waals surface area contributed by atoms with E-state index in [0.717, 1.165) is 10.8 Å². The third-order valence-corrected chi connectivity index (χ3v) is 4.98. The van der Waals surface area contributed by atoms with Crippen molar-refractivity contribution in [2.75, 3.05) is 11.9 Å². The van der Waals surface area contributed by atoms with Crippen LogP contribution in [-0.2, 0) is 11.8 Å². The van der Waals surface area contributed by atoms with Gasteiger partial charge in [-0.15, -0.1) is 0 Å². The summed E-state index contributed by atoms with van der Waals surface area (Å²) in [5.74, 6) is 0.753. The number of carbonyl (C=O) groups excluding carboxylic acids is 1. The van der Waals surface area contributed by atoms with Gasteiger partial charge in [-0.05, 0) is 29.8 Å². The van der Waals surface area contributed by atoms with Gasteiger partial charge >= 0.3 is 0 Å². The molecule has 0 atom stereocenters. The number of carbonyl (C=O) groups is 1. The summed E-state index contributed by atoms with van der Waals surface area (Å²) < 4.78 is 8.53. The number of aryl methyl sites for hydroxylation is 2. The highest BCUT2D eigenvalue weighted by molar-refractivity contribution is 5.91. The van der Waals surface area contributed by atoms with Gasteiger partial charge in [0, 0.05) is 13.1 Å². The SMILES string of the molecule is Cc1cc(NC(=O)COc2ccc3ccccc3c2)n(-c2nc3c(cnn3C)c(=O)[nH]2)n1. The molecule has 10 nitrogen and oxygen atoms in total. The molecular formula is C22H19N7O3. The second-order valence-electron chi connectivity index (χ2n) is 7.32. The summed E-state index contributed by atoms with van der Waals surface area (Å²) in [5.41, 5.74) is 0.709. The number of hydrogen-bond acceptors (Lipinski definition) is 6. The molecule has 5 aromatic rings. The van der Waals surface area contributed by atoms with E-state index >= 15 is 0 Å². The fraction of sp³-hybridized carbons (Fsp3) is 0.136. The number of rotatable bonds is 5. The molecule has 10 heteroatoms. The van der Waals surface area contributed by atoms with Crippen molar-refractivity contribution in [1.82, 2.24) is 29.5 Å². The van der Waals surface area contributed by atoms with Crippen LogP contribution in [0.5, 0.6) is 5.75 Å². The zero-order valence-electron chi connectivity index (χ0n) is 17.4. The normalized spacial score (nSPS) is 11.2. The maximum absolute atomic E-state index is 12.6. The summed E-state index contributed by atoms with van der Waals surface area (Å²) in [6.45, 7) is 1.59. The number of amides is 1. The van der Waals surface area contributed by atoms with Gasteiger partial charge in [-0.3, -0.25) is 19.3 Å². The molecule has 0 spiro atoms. The summed E-state index contributed by atoms with van der Waals surface area (Å²) in [6.07, 6.45) is 1.45. The van der Waals surface area contributed by atoms with Gasteiger partial charge in [0.15, 0.2) is 12.3 Å². The molecular weight excluding hydrogens is 410 g/mol. The minimum Gasteiger partial charge on any atom is -0.484 e. The number of aromatic nitrogens is 6. The van der Waals surface area contributed by atoms with Gasteiger partial charge in [0.05, 0.1) is 11.9 Å². The lowest BCUT2D eigenvalue weighted by Crippen LogP contribution is -2.23. The van der Waals surface area contributed by atoms with Crippen LogP contribution in [0.1, 0.15) is 5.69 Å². The Kier molecular flexibility index (Phi) is 4.66. The van der Waals surface area contributed by atoms with Gasteiger partial charge in [0.2, 0.25) is 5.95 Å². The molecule has 3 aromatic heterocycles. The molecule has 2 N–H and O–H groups in total. The Morgan fingerprint density at radius 3 is 2.81 bits per heavy atom. The van der Waals surface area contributed by atoms with E-state index in [-0.39, 0.29) is 24.0 Å². The van der Waals surface area contributed by atoms with Crippen LogP contribution in [0.4, 0.5) is 5.82 Å². The van der Waals surface area contributed by atoms with Gasteiger partial charge in [0.25, 0.3) is 11.5 Å². The van der Waals surface area contributed by atoms with E-state index in [9.17, 15) is 9.59 Å². The second-order valence-corrected chi connectivity index (χ2v) is 7.32. The van der Waals surface area contributed by atoms with Crippen molar-refractivity contribution in [3.8, 4) is 11.7 Å². The van der Waals surface area contributed by atoms with Gasteiger partial charge in [-0.1, -0.05) is 30.3 Å². The van der Waals surface area contributed by atoms with Crippen LogP contribution in [0.25, 0.3) is 27.8 Å². The van der Waals surface area contributed by atoms with Crippen LogP contribution in [0.3, 0.4) is 0 Å². The zero-order chi connectivity index (χ0) is 22.2. The first kappa shape index (κ1) is 19.5. The molecule has 160 valence electrons. The molecule has 0 aliphatic rings. The number of H-pyrrole nitrogens is 1. The maximum atomic E-state index is 12.6. The first-order chi connectivity index (χ1) is 15.5. The lowest BCUT2D eigenvalue weighted by Gasteiger charge is -2.10. The van der Waals surface area contributed by atoms with Crippen LogP contribution >= 0.6 is 0 Å². The number of hydrogen-bond donors (Lipinski definition) is 2. The smallest absolute Gasteiger partial charge is 0.263 e. The maximum Gasteiger partial charge on any atom is 0.263 e. The highest BCUT2D eigenvalue weighted by Gasteiger charge is 2.16. The molecule has 5 rings (SSSR count). The molecule has 0 radical (unpaired) electrons. The van der Waals surface area contributed by atoms with Crippen LogP contribution in [0.15, 0.2) is 59.5 Å². The van der Waals surface area contributed by atoms with Crippen LogP contribution in [-0.4, -0.2) is 42.0 Å². The second kappa shape index (κ2) is 7.65. The Labute approximate surface area is 181 Å². The van der Waals surface area contributed by atoms with Gasteiger partial charge in [0.1, 0.15) is 17.0 Å². The standard InChI is InChI=1S/C22H19N7O3/c1-13-9-18(29(27-13)22-25-20-17(21(31)26-22)11-23-28(20)2)24-19(30)12-32-16-8-7-14-5-3-4-6-15(14)10-16/h3-11H,12H2,1-2H3,(H,24,30)(H,25,26,31). The average Bonchev–Trinajstić information content (AvgIpc) is 3.34. The van der Waals surface area contributed by atoms with E-state index in [1.807, 2.05) is 42.5 Å². The van der Waals surface area contributed by atoms with Crippen molar-refractivity contribution >= 4 is 33.5 Å². The quantitative estimate of drug-likeness (QED) is 0.442. The monoisotopic (exact) mass is 429 g/mol. The molecule has 32 heavy (non-hydrogen) atoms. The molecule has 1 amide bonds. The van der Waals surface area contributed by atoms with Crippen molar-refractivity contribution in [1.29, 1.82) is 0 Å². The molecule has 0 unspecified atom stereocenters. The van der Waals surface area contributed by atoms with Crippen molar-refractivity contribution in [2.45, 2.75) is 6.92 Å².